The molecule has 5 nitrogen and oxygen atoms in total. The summed E-state index contributed by atoms with van der Waals surface area (Å²) in [7, 11) is 0. The minimum atomic E-state index is -0.290. The number of rotatable bonds is 3. The maximum absolute atomic E-state index is 11.7. The van der Waals surface area contributed by atoms with E-state index in [0.29, 0.717) is 16.9 Å². The minimum Gasteiger partial charge on any atom is -0.399 e. The second-order valence-corrected chi connectivity index (χ2v) is 3.58. The highest BCUT2D eigenvalue weighted by molar-refractivity contribution is 5.95. The fourth-order valence-electron chi connectivity index (χ4n) is 1.31. The van der Waals surface area contributed by atoms with Crippen molar-refractivity contribution in [1.82, 2.24) is 10.4 Å². The normalized spacial score (nSPS) is 10.4. The lowest BCUT2D eigenvalue weighted by Gasteiger charge is -1.99. The van der Waals surface area contributed by atoms with E-state index in [1.807, 2.05) is 12.1 Å². The summed E-state index contributed by atoms with van der Waals surface area (Å²) in [4.78, 5) is 15.7. The quantitative estimate of drug-likeness (QED) is 0.484. The van der Waals surface area contributed by atoms with Gasteiger partial charge in [-0.3, -0.25) is 9.78 Å². The second kappa shape index (κ2) is 5.58. The number of carbonyl (C=O) groups excluding carboxylic acids is 1. The summed E-state index contributed by atoms with van der Waals surface area (Å²) >= 11 is 0. The van der Waals surface area contributed by atoms with E-state index >= 15 is 0 Å². The van der Waals surface area contributed by atoms with Gasteiger partial charge in [0.15, 0.2) is 0 Å². The number of aromatic nitrogens is 1. The molecule has 0 radical (unpaired) electrons. The molecule has 0 saturated heterocycles. The van der Waals surface area contributed by atoms with Crippen molar-refractivity contribution in [2.45, 2.75) is 0 Å². The first-order valence-corrected chi connectivity index (χ1v) is 5.36. The van der Waals surface area contributed by atoms with E-state index in [4.69, 9.17) is 5.73 Å². The van der Waals surface area contributed by atoms with Crippen LogP contribution in [0.1, 0.15) is 16.1 Å². The maximum Gasteiger partial charge on any atom is 0.271 e. The zero-order valence-corrected chi connectivity index (χ0v) is 9.58. The first-order chi connectivity index (χ1) is 8.75. The fourth-order valence-corrected chi connectivity index (χ4v) is 1.31. The molecule has 0 bridgehead atoms. The van der Waals surface area contributed by atoms with Gasteiger partial charge in [-0.05, 0) is 36.4 Å². The lowest BCUT2D eigenvalue weighted by Crippen LogP contribution is -2.17. The van der Waals surface area contributed by atoms with Crippen LogP contribution in [0.5, 0.6) is 0 Å². The Morgan fingerprint density at radius 3 is 2.67 bits per heavy atom. The second-order valence-electron chi connectivity index (χ2n) is 3.58. The van der Waals surface area contributed by atoms with Crippen molar-refractivity contribution in [2.75, 3.05) is 5.73 Å². The number of nitrogen functional groups attached to an aromatic ring is 1. The van der Waals surface area contributed by atoms with Crippen molar-refractivity contribution in [3.63, 3.8) is 0 Å². The van der Waals surface area contributed by atoms with Crippen LogP contribution >= 0.6 is 0 Å². The topological polar surface area (TPSA) is 80.4 Å². The van der Waals surface area contributed by atoms with Gasteiger partial charge in [-0.1, -0.05) is 6.07 Å². The summed E-state index contributed by atoms with van der Waals surface area (Å²) in [5.41, 5.74) is 9.74. The minimum absolute atomic E-state index is 0.290. The summed E-state index contributed by atoms with van der Waals surface area (Å²) in [5.74, 6) is -0.290. The number of hydrogen-bond acceptors (Lipinski definition) is 4. The Hall–Kier alpha value is -2.69. The Morgan fingerprint density at radius 1 is 1.22 bits per heavy atom. The van der Waals surface area contributed by atoms with Crippen molar-refractivity contribution >= 4 is 17.8 Å². The van der Waals surface area contributed by atoms with Gasteiger partial charge in [-0.2, -0.15) is 5.10 Å². The molecule has 0 atom stereocenters. The molecule has 2 rings (SSSR count). The maximum atomic E-state index is 11.7. The molecule has 0 saturated carbocycles. The van der Waals surface area contributed by atoms with E-state index in [0.717, 1.165) is 0 Å². The van der Waals surface area contributed by atoms with E-state index in [-0.39, 0.29) is 5.91 Å². The number of nitrogens with zero attached hydrogens (tertiary/aromatic N) is 2. The summed E-state index contributed by atoms with van der Waals surface area (Å²) in [6.45, 7) is 0. The van der Waals surface area contributed by atoms with E-state index in [1.165, 1.54) is 6.21 Å². The Bertz CT molecular complexity index is 549. The molecule has 3 N–H and O–H groups in total. The molecule has 18 heavy (non-hydrogen) atoms. The molecule has 0 spiro atoms. The summed E-state index contributed by atoms with van der Waals surface area (Å²) < 4.78 is 0. The number of benzene rings is 1. The van der Waals surface area contributed by atoms with Crippen molar-refractivity contribution in [3.8, 4) is 0 Å². The largest absolute Gasteiger partial charge is 0.399 e. The van der Waals surface area contributed by atoms with Gasteiger partial charge >= 0.3 is 0 Å². The number of hydrazone groups is 1. The lowest BCUT2D eigenvalue weighted by atomic mass is 10.2. The average Bonchev–Trinajstić information content (AvgIpc) is 2.40. The number of amides is 1. The number of carbonyl (C=O) groups is 1. The Balaban J connectivity index is 1.96. The van der Waals surface area contributed by atoms with Gasteiger partial charge in [0.2, 0.25) is 0 Å². The molecule has 1 aromatic heterocycles. The third kappa shape index (κ3) is 3.15. The van der Waals surface area contributed by atoms with Crippen LogP contribution in [-0.2, 0) is 0 Å². The molecule has 90 valence electrons. The Kier molecular flexibility index (Phi) is 3.66. The summed E-state index contributed by atoms with van der Waals surface area (Å²) in [6, 6.07) is 12.1. The molecule has 1 heterocycles. The number of nitrogens with one attached hydrogen (secondary N) is 1. The van der Waals surface area contributed by atoms with Crippen LogP contribution in [0.3, 0.4) is 0 Å². The van der Waals surface area contributed by atoms with Gasteiger partial charge in [0.25, 0.3) is 5.91 Å². The van der Waals surface area contributed by atoms with Gasteiger partial charge < -0.3 is 5.73 Å². The average molecular weight is 240 g/mol. The van der Waals surface area contributed by atoms with Crippen LogP contribution in [0.4, 0.5) is 5.69 Å². The monoisotopic (exact) mass is 240 g/mol. The smallest absolute Gasteiger partial charge is 0.271 e. The highest BCUT2D eigenvalue weighted by atomic mass is 16.2. The molecule has 0 fully saturated rings. The third-order valence-corrected chi connectivity index (χ3v) is 2.22. The van der Waals surface area contributed by atoms with Crippen LogP contribution in [0.2, 0.25) is 0 Å². The van der Waals surface area contributed by atoms with Crippen molar-refractivity contribution in [3.05, 3.63) is 59.9 Å². The first kappa shape index (κ1) is 11.8. The van der Waals surface area contributed by atoms with Gasteiger partial charge in [-0.15, -0.1) is 0 Å². The molecule has 0 unspecified atom stereocenters. The van der Waals surface area contributed by atoms with Gasteiger partial charge in [0, 0.05) is 17.4 Å². The standard InChI is InChI=1S/C13H12N4O/c14-11-6-4-10(5-7-11)13(18)17-16-9-12-3-1-2-8-15-12/h1-9H,14H2,(H,17,18). The Morgan fingerprint density at radius 2 is 2.00 bits per heavy atom. The number of nitrogens with two attached hydrogens (primary N) is 1. The van der Waals surface area contributed by atoms with Gasteiger partial charge in [0.1, 0.15) is 0 Å². The molecule has 0 aliphatic carbocycles. The van der Waals surface area contributed by atoms with Crippen LogP contribution in [-0.4, -0.2) is 17.1 Å². The van der Waals surface area contributed by atoms with Crippen LogP contribution in [0, 0.1) is 0 Å². The van der Waals surface area contributed by atoms with Gasteiger partial charge in [0.05, 0.1) is 11.9 Å². The summed E-state index contributed by atoms with van der Waals surface area (Å²) in [6.07, 6.45) is 3.14. The Labute approximate surface area is 104 Å². The number of anilines is 1. The zero-order chi connectivity index (χ0) is 12.8. The van der Waals surface area contributed by atoms with Crippen LogP contribution in [0.25, 0.3) is 0 Å². The molecular weight excluding hydrogens is 228 g/mol. The van der Waals surface area contributed by atoms with Crippen molar-refractivity contribution < 1.29 is 4.79 Å². The molecule has 5 heteroatoms. The van der Waals surface area contributed by atoms with Crippen LogP contribution in [0.15, 0.2) is 53.8 Å². The van der Waals surface area contributed by atoms with Gasteiger partial charge in [-0.25, -0.2) is 5.43 Å². The first-order valence-electron chi connectivity index (χ1n) is 5.36. The predicted octanol–water partition coefficient (Wildman–Crippen LogP) is 1.43. The summed E-state index contributed by atoms with van der Waals surface area (Å²) in [5, 5.41) is 3.82. The molecule has 1 amide bonds. The van der Waals surface area contributed by atoms with Crippen molar-refractivity contribution in [1.29, 1.82) is 0 Å². The van der Waals surface area contributed by atoms with E-state index in [9.17, 15) is 4.79 Å². The van der Waals surface area contributed by atoms with Crippen LogP contribution < -0.4 is 11.2 Å². The number of hydrogen-bond donors (Lipinski definition) is 2. The van der Waals surface area contributed by atoms with E-state index in [2.05, 4.69) is 15.5 Å². The fraction of sp³-hybridized carbons (Fsp3) is 0. The highest BCUT2D eigenvalue weighted by Gasteiger charge is 2.02. The zero-order valence-electron chi connectivity index (χ0n) is 9.58. The third-order valence-electron chi connectivity index (χ3n) is 2.22. The molecular formula is C13H12N4O. The lowest BCUT2D eigenvalue weighted by molar-refractivity contribution is 0.0955. The molecule has 2 aromatic rings. The van der Waals surface area contributed by atoms with E-state index in [1.54, 1.807) is 36.5 Å². The molecule has 1 aromatic carbocycles. The molecule has 0 aliphatic rings. The number of pyridine rings is 1. The predicted molar refractivity (Wildman–Crippen MR) is 70.2 cm³/mol. The SMILES string of the molecule is Nc1ccc(C(=O)NN=Cc2ccccn2)cc1. The van der Waals surface area contributed by atoms with Crippen molar-refractivity contribution in [2.24, 2.45) is 5.10 Å². The van der Waals surface area contributed by atoms with E-state index < -0.39 is 0 Å². The highest BCUT2D eigenvalue weighted by Crippen LogP contribution is 2.04. The molecule has 0 aliphatic heterocycles.